The fourth-order valence-electron chi connectivity index (χ4n) is 2.03. The number of aromatic nitrogens is 2. The van der Waals surface area contributed by atoms with Gasteiger partial charge in [-0.1, -0.05) is 29.8 Å². The third-order valence-corrected chi connectivity index (χ3v) is 4.19. The number of benzene rings is 1. The highest BCUT2D eigenvalue weighted by molar-refractivity contribution is 7.95. The lowest BCUT2D eigenvalue weighted by Gasteiger charge is -2.05. The molecule has 3 aromatic rings. The second-order valence-electron chi connectivity index (χ2n) is 4.98. The van der Waals surface area contributed by atoms with Crippen LogP contribution in [0.3, 0.4) is 0 Å². The summed E-state index contributed by atoms with van der Waals surface area (Å²) in [5, 5.41) is 5.23. The number of nitrogens with zero attached hydrogens (tertiary/aromatic N) is 2. The van der Waals surface area contributed by atoms with Crippen LogP contribution in [0.5, 0.6) is 0 Å². The Hall–Kier alpha value is -2.60. The van der Waals surface area contributed by atoms with E-state index in [0.717, 1.165) is 22.1 Å². The van der Waals surface area contributed by atoms with E-state index >= 15 is 0 Å². The third kappa shape index (κ3) is 3.35. The molecule has 0 atom stereocenters. The average molecular weight is 313 g/mol. The van der Waals surface area contributed by atoms with Crippen LogP contribution in [0.1, 0.15) is 11.1 Å². The quantitative estimate of drug-likeness (QED) is 0.805. The lowest BCUT2D eigenvalue weighted by atomic mass is 10.2. The zero-order valence-electron chi connectivity index (χ0n) is 12.0. The Labute approximate surface area is 129 Å². The van der Waals surface area contributed by atoms with E-state index in [1.807, 2.05) is 31.2 Å². The molecule has 0 radical (unpaired) electrons. The molecule has 2 heterocycles. The summed E-state index contributed by atoms with van der Waals surface area (Å²) in [5.74, 6) is 0. The van der Waals surface area contributed by atoms with Crippen molar-refractivity contribution in [3.63, 3.8) is 0 Å². The molecule has 112 valence electrons. The maximum Gasteiger partial charge on any atom is 0.255 e. The summed E-state index contributed by atoms with van der Waals surface area (Å²) < 4.78 is 28.4. The average Bonchev–Trinajstić information content (AvgIpc) is 2.94. The molecule has 0 aliphatic rings. The van der Waals surface area contributed by atoms with Gasteiger partial charge in [-0.05, 0) is 36.8 Å². The predicted octanol–water partition coefficient (Wildman–Crippen LogP) is 3.06. The Morgan fingerprint density at radius 1 is 1.14 bits per heavy atom. The molecular formula is C16H15N3O2S. The van der Waals surface area contributed by atoms with Crippen molar-refractivity contribution >= 4 is 27.3 Å². The molecule has 0 fully saturated rings. The second-order valence-corrected chi connectivity index (χ2v) is 6.54. The number of sulfonamides is 1. The Bertz CT molecular complexity index is 925. The molecule has 1 N–H and O–H groups in total. The van der Waals surface area contributed by atoms with Crippen LogP contribution in [0.25, 0.3) is 11.6 Å². The van der Waals surface area contributed by atoms with Gasteiger partial charge in [0, 0.05) is 12.4 Å². The first-order chi connectivity index (χ1) is 10.5. The number of pyridine rings is 1. The predicted molar refractivity (Wildman–Crippen MR) is 87.9 cm³/mol. The summed E-state index contributed by atoms with van der Waals surface area (Å²) in [7, 11) is -3.55. The Morgan fingerprint density at radius 2 is 1.91 bits per heavy atom. The minimum absolute atomic E-state index is 0.501. The first kappa shape index (κ1) is 14.3. The second kappa shape index (κ2) is 5.65. The van der Waals surface area contributed by atoms with Crippen LogP contribution >= 0.6 is 0 Å². The van der Waals surface area contributed by atoms with Crippen LogP contribution < -0.4 is 4.72 Å². The number of hydrogen-bond acceptors (Lipinski definition) is 3. The Morgan fingerprint density at radius 3 is 2.68 bits per heavy atom. The topological polar surface area (TPSA) is 63.5 Å². The zero-order chi connectivity index (χ0) is 15.6. The number of hydrogen-bond donors (Lipinski definition) is 1. The molecule has 0 saturated heterocycles. The Kier molecular flexibility index (Phi) is 3.68. The summed E-state index contributed by atoms with van der Waals surface area (Å²) in [6.45, 7) is 1.98. The molecule has 0 unspecified atom stereocenters. The zero-order valence-corrected chi connectivity index (χ0v) is 12.8. The van der Waals surface area contributed by atoms with E-state index in [1.54, 1.807) is 41.2 Å². The van der Waals surface area contributed by atoms with E-state index in [2.05, 4.69) is 9.82 Å². The number of rotatable bonds is 4. The van der Waals surface area contributed by atoms with Gasteiger partial charge in [0.2, 0.25) is 0 Å². The van der Waals surface area contributed by atoms with Gasteiger partial charge in [0.05, 0.1) is 16.6 Å². The third-order valence-electron chi connectivity index (χ3n) is 3.18. The van der Waals surface area contributed by atoms with Crippen LogP contribution in [-0.4, -0.2) is 18.0 Å². The van der Waals surface area contributed by atoms with Crippen LogP contribution in [-0.2, 0) is 10.0 Å². The highest BCUT2D eigenvalue weighted by atomic mass is 32.2. The molecule has 5 nitrogen and oxygen atoms in total. The van der Waals surface area contributed by atoms with E-state index in [1.165, 1.54) is 0 Å². The van der Waals surface area contributed by atoms with Crippen molar-refractivity contribution < 1.29 is 8.42 Å². The molecule has 0 amide bonds. The van der Waals surface area contributed by atoms with E-state index in [9.17, 15) is 8.42 Å². The normalized spacial score (nSPS) is 12.0. The van der Waals surface area contributed by atoms with Crippen molar-refractivity contribution in [2.24, 2.45) is 0 Å². The van der Waals surface area contributed by atoms with Gasteiger partial charge in [0.15, 0.2) is 0 Å². The summed E-state index contributed by atoms with van der Waals surface area (Å²) in [4.78, 5) is 0. The SMILES string of the molecule is Cc1ccc(/C=C/S(=O)(=O)Nc2ccn3nccc3c2)cc1. The number of nitrogens with one attached hydrogen (secondary N) is 1. The van der Waals surface area contributed by atoms with E-state index in [0.29, 0.717) is 5.69 Å². The van der Waals surface area contributed by atoms with Gasteiger partial charge in [0.1, 0.15) is 0 Å². The van der Waals surface area contributed by atoms with Crippen molar-refractivity contribution in [2.75, 3.05) is 4.72 Å². The standard InChI is InChI=1S/C16H15N3O2S/c1-13-2-4-14(5-3-13)8-11-22(20,21)18-15-7-10-19-16(12-15)6-9-17-19/h2-12,18H,1H3/b11-8+. The van der Waals surface area contributed by atoms with E-state index < -0.39 is 10.0 Å². The number of aryl methyl sites for hydroxylation is 1. The van der Waals surface area contributed by atoms with E-state index in [4.69, 9.17) is 0 Å². The summed E-state index contributed by atoms with van der Waals surface area (Å²) in [6, 6.07) is 12.8. The molecule has 1 aromatic carbocycles. The molecular weight excluding hydrogens is 298 g/mol. The van der Waals surface area contributed by atoms with Gasteiger partial charge >= 0.3 is 0 Å². The molecule has 3 rings (SSSR count). The van der Waals surface area contributed by atoms with Crippen LogP contribution in [0.2, 0.25) is 0 Å². The van der Waals surface area contributed by atoms with Crippen molar-refractivity contribution in [1.29, 1.82) is 0 Å². The van der Waals surface area contributed by atoms with Gasteiger partial charge < -0.3 is 0 Å². The van der Waals surface area contributed by atoms with Gasteiger partial charge in [-0.15, -0.1) is 0 Å². The Balaban J connectivity index is 1.79. The first-order valence-corrected chi connectivity index (χ1v) is 8.27. The molecule has 0 saturated carbocycles. The minimum atomic E-state index is -3.55. The minimum Gasteiger partial charge on any atom is -0.280 e. The molecule has 0 spiro atoms. The van der Waals surface area contributed by atoms with Crippen LogP contribution in [0, 0.1) is 6.92 Å². The molecule has 2 aromatic heterocycles. The van der Waals surface area contributed by atoms with Gasteiger partial charge in [-0.2, -0.15) is 5.10 Å². The van der Waals surface area contributed by atoms with Crippen LogP contribution in [0.15, 0.2) is 60.3 Å². The fourth-order valence-corrected chi connectivity index (χ4v) is 2.89. The molecule has 6 heteroatoms. The van der Waals surface area contributed by atoms with Crippen molar-refractivity contribution in [1.82, 2.24) is 9.61 Å². The molecule has 0 bridgehead atoms. The van der Waals surface area contributed by atoms with Gasteiger partial charge in [0.25, 0.3) is 10.0 Å². The number of anilines is 1. The first-order valence-electron chi connectivity index (χ1n) is 6.73. The van der Waals surface area contributed by atoms with Gasteiger partial charge in [-0.25, -0.2) is 12.9 Å². The highest BCUT2D eigenvalue weighted by Crippen LogP contribution is 2.14. The fraction of sp³-hybridized carbons (Fsp3) is 0.0625. The summed E-state index contributed by atoms with van der Waals surface area (Å²) in [6.07, 6.45) is 4.93. The van der Waals surface area contributed by atoms with E-state index in [-0.39, 0.29) is 0 Å². The molecule has 0 aliphatic heterocycles. The van der Waals surface area contributed by atoms with Crippen molar-refractivity contribution in [3.05, 3.63) is 71.4 Å². The molecule has 22 heavy (non-hydrogen) atoms. The van der Waals surface area contributed by atoms with Crippen molar-refractivity contribution in [2.45, 2.75) is 6.92 Å². The van der Waals surface area contributed by atoms with Gasteiger partial charge in [-0.3, -0.25) is 4.72 Å². The lowest BCUT2D eigenvalue weighted by Crippen LogP contribution is -2.09. The summed E-state index contributed by atoms with van der Waals surface area (Å²) in [5.41, 5.74) is 3.29. The lowest BCUT2D eigenvalue weighted by molar-refractivity contribution is 0.609. The largest absolute Gasteiger partial charge is 0.280 e. The summed E-state index contributed by atoms with van der Waals surface area (Å²) >= 11 is 0. The van der Waals surface area contributed by atoms with Crippen LogP contribution in [0.4, 0.5) is 5.69 Å². The maximum atomic E-state index is 12.1. The highest BCUT2D eigenvalue weighted by Gasteiger charge is 2.06. The monoisotopic (exact) mass is 313 g/mol. The maximum absolute atomic E-state index is 12.1. The molecule has 0 aliphatic carbocycles. The number of fused-ring (bicyclic) bond motifs is 1. The smallest absolute Gasteiger partial charge is 0.255 e. The van der Waals surface area contributed by atoms with Crippen molar-refractivity contribution in [3.8, 4) is 0 Å².